The van der Waals surface area contributed by atoms with E-state index in [0.29, 0.717) is 35.6 Å². The second kappa shape index (κ2) is 10.3. The van der Waals surface area contributed by atoms with Gasteiger partial charge in [-0.15, -0.1) is 0 Å². The summed E-state index contributed by atoms with van der Waals surface area (Å²) >= 11 is 0. The van der Waals surface area contributed by atoms with E-state index < -0.39 is 34.8 Å². The molecule has 0 radical (unpaired) electrons. The second-order valence-corrected chi connectivity index (χ2v) is 11.4. The van der Waals surface area contributed by atoms with Crippen LogP contribution in [0.3, 0.4) is 0 Å². The lowest BCUT2D eigenvalue weighted by Gasteiger charge is -2.32. The van der Waals surface area contributed by atoms with Crippen LogP contribution in [0.2, 0.25) is 0 Å². The summed E-state index contributed by atoms with van der Waals surface area (Å²) in [6, 6.07) is 11.5. The minimum atomic E-state index is -4.44. The Balaban J connectivity index is 1.65. The molecule has 5 rings (SSSR count). The van der Waals surface area contributed by atoms with Gasteiger partial charge in [0.1, 0.15) is 11.6 Å². The van der Waals surface area contributed by atoms with Crippen LogP contribution in [0.4, 0.5) is 27.6 Å². The van der Waals surface area contributed by atoms with Gasteiger partial charge in [0, 0.05) is 37.2 Å². The number of alkyl halides is 3. The van der Waals surface area contributed by atoms with Crippen LogP contribution in [0.5, 0.6) is 0 Å². The Bertz CT molecular complexity index is 1700. The zero-order valence-corrected chi connectivity index (χ0v) is 24.2. The third-order valence-corrected chi connectivity index (χ3v) is 8.01. The fraction of sp³-hybridized carbons (Fsp3) is 0.312. The molecule has 1 aliphatic rings. The molecule has 0 fully saturated rings. The Labute approximate surface area is 241 Å². The molecule has 3 aromatic carbocycles. The number of aryl methyl sites for hydroxylation is 3. The van der Waals surface area contributed by atoms with Crippen molar-refractivity contribution in [2.24, 2.45) is 0 Å². The highest BCUT2D eigenvalue weighted by molar-refractivity contribution is 5.89. The van der Waals surface area contributed by atoms with Crippen LogP contribution in [0, 0.1) is 32.4 Å². The van der Waals surface area contributed by atoms with Gasteiger partial charge in [0.15, 0.2) is 0 Å². The molecule has 4 aromatic rings. The van der Waals surface area contributed by atoms with E-state index in [9.17, 15) is 18.0 Å². The predicted octanol–water partition coefficient (Wildman–Crippen LogP) is 7.97. The summed E-state index contributed by atoms with van der Waals surface area (Å²) in [5, 5.41) is 7.30. The van der Waals surface area contributed by atoms with Gasteiger partial charge < -0.3 is 5.32 Å². The molecule has 5 nitrogen and oxygen atoms in total. The number of hydrogen-bond donors (Lipinski definition) is 1. The fourth-order valence-electron chi connectivity index (χ4n) is 5.73. The molecule has 0 aliphatic carbocycles. The van der Waals surface area contributed by atoms with Crippen molar-refractivity contribution >= 4 is 11.6 Å². The van der Waals surface area contributed by atoms with Crippen LogP contribution in [-0.4, -0.2) is 20.6 Å². The lowest BCUT2D eigenvalue weighted by Crippen LogP contribution is -2.36. The number of halogens is 5. The Morgan fingerprint density at radius 2 is 1.64 bits per heavy atom. The summed E-state index contributed by atoms with van der Waals surface area (Å²) in [4.78, 5) is 13.6. The Morgan fingerprint density at radius 1 is 0.976 bits per heavy atom. The molecule has 0 unspecified atom stereocenters. The maximum atomic E-state index is 15.8. The van der Waals surface area contributed by atoms with E-state index in [1.165, 1.54) is 13.0 Å². The molecule has 0 saturated heterocycles. The monoisotopic (exact) mass is 582 g/mol. The van der Waals surface area contributed by atoms with E-state index in [4.69, 9.17) is 5.10 Å². The number of rotatable bonds is 5. The topological polar surface area (TPSA) is 50.2 Å². The minimum absolute atomic E-state index is 0.0126. The SMILES string of the molecule is CC(=O)Nc1cc(F)c(-c2c3c(nn2-c2c(C)cccc2C)C(C)(C)N(Cc2ccc(C(F)(F)F)cc2C)C3)cc1F. The number of amides is 1. The summed E-state index contributed by atoms with van der Waals surface area (Å²) in [5.41, 5.74) is 3.82. The maximum Gasteiger partial charge on any atom is 0.416 e. The van der Waals surface area contributed by atoms with Crippen molar-refractivity contribution in [2.45, 2.75) is 66.3 Å². The van der Waals surface area contributed by atoms with E-state index in [2.05, 4.69) is 10.2 Å². The first kappa shape index (κ1) is 29.4. The van der Waals surface area contributed by atoms with Gasteiger partial charge in [0.25, 0.3) is 0 Å². The van der Waals surface area contributed by atoms with Gasteiger partial charge in [-0.25, -0.2) is 13.5 Å². The number of carbonyl (C=O) groups excluding carboxylic acids is 1. The van der Waals surface area contributed by atoms with Gasteiger partial charge >= 0.3 is 6.18 Å². The third-order valence-electron chi connectivity index (χ3n) is 8.01. The van der Waals surface area contributed by atoms with Crippen molar-refractivity contribution in [1.29, 1.82) is 0 Å². The number of para-hydroxylation sites is 1. The van der Waals surface area contributed by atoms with Crippen molar-refractivity contribution in [2.75, 3.05) is 5.32 Å². The molecule has 1 aliphatic heterocycles. The van der Waals surface area contributed by atoms with E-state index in [1.54, 1.807) is 11.6 Å². The number of benzene rings is 3. The van der Waals surface area contributed by atoms with Crippen LogP contribution in [-0.2, 0) is 29.6 Å². The van der Waals surface area contributed by atoms with Crippen LogP contribution >= 0.6 is 0 Å². The number of aromatic nitrogens is 2. The Morgan fingerprint density at radius 3 is 2.24 bits per heavy atom. The Kier molecular flexibility index (Phi) is 7.25. The molecule has 0 saturated carbocycles. The van der Waals surface area contributed by atoms with Gasteiger partial charge in [-0.05, 0) is 75.1 Å². The standard InChI is InChI=1S/C32H31F5N4O/c1-17-8-7-9-18(2)28(17)41-29(23-13-26(34)27(14-25(23)33)38-20(4)42)24-16-40(31(5,6)30(24)39-41)15-21-10-11-22(12-19(21)3)32(35,36)37/h7-14H,15-16H2,1-6H3,(H,38,42). The molecule has 42 heavy (non-hydrogen) atoms. The molecule has 0 bridgehead atoms. The minimum Gasteiger partial charge on any atom is -0.324 e. The number of fused-ring (bicyclic) bond motifs is 1. The summed E-state index contributed by atoms with van der Waals surface area (Å²) in [7, 11) is 0. The predicted molar refractivity (Wildman–Crippen MR) is 151 cm³/mol. The van der Waals surface area contributed by atoms with Crippen molar-refractivity contribution in [3.8, 4) is 16.9 Å². The summed E-state index contributed by atoms with van der Waals surface area (Å²) < 4.78 is 72.4. The molecule has 1 amide bonds. The second-order valence-electron chi connectivity index (χ2n) is 11.4. The summed E-state index contributed by atoms with van der Waals surface area (Å²) in [5.74, 6) is -2.05. The van der Waals surface area contributed by atoms with Crippen molar-refractivity contribution in [3.05, 3.63) is 99.2 Å². The number of nitrogens with one attached hydrogen (secondary N) is 1. The van der Waals surface area contributed by atoms with E-state index >= 15 is 8.78 Å². The van der Waals surface area contributed by atoms with Crippen LogP contribution in [0.15, 0.2) is 48.5 Å². The lowest BCUT2D eigenvalue weighted by molar-refractivity contribution is -0.137. The quantitative estimate of drug-likeness (QED) is 0.243. The van der Waals surface area contributed by atoms with Gasteiger partial charge in [-0.2, -0.15) is 18.3 Å². The number of nitrogens with zero attached hydrogens (tertiary/aromatic N) is 3. The Hall–Kier alpha value is -4.05. The van der Waals surface area contributed by atoms with Crippen molar-refractivity contribution < 1.29 is 26.7 Å². The zero-order valence-electron chi connectivity index (χ0n) is 24.2. The molecule has 220 valence electrons. The summed E-state index contributed by atoms with van der Waals surface area (Å²) in [6.07, 6.45) is -4.44. The third kappa shape index (κ3) is 5.08. The molecule has 1 N–H and O–H groups in total. The molecule has 1 aromatic heterocycles. The largest absolute Gasteiger partial charge is 0.416 e. The molecular weight excluding hydrogens is 551 g/mol. The normalized spacial score (nSPS) is 14.7. The van der Waals surface area contributed by atoms with E-state index in [0.717, 1.165) is 46.6 Å². The first-order valence-corrected chi connectivity index (χ1v) is 13.5. The van der Waals surface area contributed by atoms with Crippen LogP contribution in [0.25, 0.3) is 16.9 Å². The number of hydrogen-bond acceptors (Lipinski definition) is 3. The highest BCUT2D eigenvalue weighted by atomic mass is 19.4. The van der Waals surface area contributed by atoms with Gasteiger partial charge in [0.2, 0.25) is 5.91 Å². The number of anilines is 1. The van der Waals surface area contributed by atoms with Crippen molar-refractivity contribution in [3.63, 3.8) is 0 Å². The van der Waals surface area contributed by atoms with Crippen LogP contribution in [0.1, 0.15) is 59.8 Å². The highest BCUT2D eigenvalue weighted by Crippen LogP contribution is 2.46. The zero-order chi connectivity index (χ0) is 30.7. The number of carbonyl (C=O) groups is 1. The average Bonchev–Trinajstić information content (AvgIpc) is 3.35. The smallest absolute Gasteiger partial charge is 0.324 e. The molecule has 0 atom stereocenters. The highest BCUT2D eigenvalue weighted by Gasteiger charge is 2.43. The van der Waals surface area contributed by atoms with Gasteiger partial charge in [-0.3, -0.25) is 9.69 Å². The van der Waals surface area contributed by atoms with Crippen molar-refractivity contribution in [1.82, 2.24) is 14.7 Å². The molecule has 2 heterocycles. The summed E-state index contributed by atoms with van der Waals surface area (Å²) in [6.45, 7) is 11.2. The lowest BCUT2D eigenvalue weighted by atomic mass is 9.97. The van der Waals surface area contributed by atoms with Crippen LogP contribution < -0.4 is 5.32 Å². The van der Waals surface area contributed by atoms with E-state index in [-0.39, 0.29) is 11.3 Å². The fourth-order valence-corrected chi connectivity index (χ4v) is 5.73. The molecule has 10 heteroatoms. The van der Waals surface area contributed by atoms with E-state index in [1.807, 2.05) is 45.9 Å². The molecular formula is C32H31F5N4O. The van der Waals surface area contributed by atoms with Gasteiger partial charge in [-0.1, -0.05) is 24.3 Å². The average molecular weight is 583 g/mol. The van der Waals surface area contributed by atoms with Gasteiger partial charge in [0.05, 0.1) is 33.9 Å². The first-order valence-electron chi connectivity index (χ1n) is 13.5. The maximum absolute atomic E-state index is 15.8. The first-order chi connectivity index (χ1) is 19.6. The molecule has 0 spiro atoms.